The maximum Gasteiger partial charge on any atom is 0.312 e. The second kappa shape index (κ2) is 9.36. The molecule has 9 heteroatoms. The first kappa shape index (κ1) is 24.3. The Morgan fingerprint density at radius 1 is 0.795 bits per heavy atom. The summed E-state index contributed by atoms with van der Waals surface area (Å²) >= 11 is 0. The van der Waals surface area contributed by atoms with Crippen molar-refractivity contribution in [1.82, 2.24) is 0 Å². The summed E-state index contributed by atoms with van der Waals surface area (Å²) in [5.41, 5.74) is 1.41. The number of rotatable bonds is 5. The van der Waals surface area contributed by atoms with Gasteiger partial charge in [-0.3, -0.25) is 14.4 Å². The van der Waals surface area contributed by atoms with Crippen LogP contribution >= 0.6 is 0 Å². The highest BCUT2D eigenvalue weighted by atomic mass is 16.5. The maximum atomic E-state index is 13.8. The average molecular weight is 526 g/mol. The fourth-order valence-electron chi connectivity index (χ4n) is 5.01. The molecular weight excluding hydrogens is 504 g/mol. The van der Waals surface area contributed by atoms with Gasteiger partial charge in [-0.15, -0.1) is 0 Å². The van der Waals surface area contributed by atoms with Gasteiger partial charge in [-0.25, -0.2) is 0 Å². The van der Waals surface area contributed by atoms with Crippen LogP contribution in [0, 0.1) is 0 Å². The van der Waals surface area contributed by atoms with Gasteiger partial charge in [-0.2, -0.15) is 0 Å². The first-order valence-electron chi connectivity index (χ1n) is 12.0. The predicted molar refractivity (Wildman–Crippen MR) is 142 cm³/mol. The van der Waals surface area contributed by atoms with Crippen molar-refractivity contribution in [2.45, 2.75) is 12.3 Å². The van der Waals surface area contributed by atoms with E-state index in [9.17, 15) is 14.4 Å². The van der Waals surface area contributed by atoms with Crippen molar-refractivity contribution >= 4 is 27.9 Å². The lowest BCUT2D eigenvalue weighted by molar-refractivity contribution is -0.135. The molecule has 0 aliphatic carbocycles. The van der Waals surface area contributed by atoms with Crippen LogP contribution in [-0.2, 0) is 4.79 Å². The monoisotopic (exact) mass is 526 g/mol. The Labute approximate surface area is 221 Å². The van der Waals surface area contributed by atoms with Crippen molar-refractivity contribution < 1.29 is 32.6 Å². The number of carbonyl (C=O) groups is 1. The molecule has 3 heterocycles. The highest BCUT2D eigenvalue weighted by Gasteiger charge is 2.35. The lowest BCUT2D eigenvalue weighted by atomic mass is 9.85. The van der Waals surface area contributed by atoms with Crippen molar-refractivity contribution in [3.63, 3.8) is 0 Å². The molecule has 0 radical (unpaired) electrons. The van der Waals surface area contributed by atoms with Gasteiger partial charge in [0, 0.05) is 23.1 Å². The molecule has 0 amide bonds. The molecular formula is C30H22O9. The van der Waals surface area contributed by atoms with Crippen molar-refractivity contribution in [2.24, 2.45) is 0 Å². The summed E-state index contributed by atoms with van der Waals surface area (Å²) < 4.78 is 33.4. The van der Waals surface area contributed by atoms with E-state index >= 15 is 0 Å². The van der Waals surface area contributed by atoms with Crippen LogP contribution < -0.4 is 29.8 Å². The van der Waals surface area contributed by atoms with Crippen LogP contribution in [0.5, 0.6) is 23.0 Å². The smallest absolute Gasteiger partial charge is 0.312 e. The number of benzene rings is 3. The zero-order valence-electron chi connectivity index (χ0n) is 21.2. The Kier molecular flexibility index (Phi) is 5.83. The molecule has 0 fully saturated rings. The molecule has 1 aliphatic heterocycles. The van der Waals surface area contributed by atoms with Crippen LogP contribution in [0.25, 0.3) is 33.1 Å². The number of carbonyl (C=O) groups excluding carboxylic acids is 1. The summed E-state index contributed by atoms with van der Waals surface area (Å²) in [6, 6.07) is 13.4. The van der Waals surface area contributed by atoms with Crippen LogP contribution in [-0.4, -0.2) is 27.3 Å². The molecule has 0 unspecified atom stereocenters. The van der Waals surface area contributed by atoms with Crippen LogP contribution in [0.4, 0.5) is 0 Å². The van der Waals surface area contributed by atoms with Gasteiger partial charge in [0.05, 0.1) is 45.0 Å². The molecule has 0 spiro atoms. The standard InChI is InChI=1S/C30H22O9/c1-34-16-6-4-15(5-7-16)20-13-38-30-26-18(11-25(31)39-24(26)12-23(36-3)27(30)29(20)33)21-14-37-22-9-8-17(35-2)10-19(22)28(21)32/h4-10,12-14,18H,11H2,1-3H3/t18-/m1/s1. The molecule has 0 saturated heterocycles. The van der Waals surface area contributed by atoms with E-state index in [1.165, 1.54) is 32.8 Å². The van der Waals surface area contributed by atoms with Gasteiger partial charge in [-0.05, 0) is 35.9 Å². The number of hydrogen-bond donors (Lipinski definition) is 0. The van der Waals surface area contributed by atoms with Gasteiger partial charge < -0.3 is 27.8 Å². The molecule has 196 valence electrons. The zero-order valence-corrected chi connectivity index (χ0v) is 21.2. The SMILES string of the molecule is COc1ccc(-c2coc3c4c(cc(OC)c3c2=O)OC(=O)C[C@@H]4c2coc3ccc(OC)cc3c2=O)cc1. The summed E-state index contributed by atoms with van der Waals surface area (Å²) in [5.74, 6) is 0.116. The minimum Gasteiger partial charge on any atom is -0.497 e. The van der Waals surface area contributed by atoms with Crippen molar-refractivity contribution in [3.8, 4) is 34.1 Å². The van der Waals surface area contributed by atoms with Gasteiger partial charge in [0.15, 0.2) is 5.43 Å². The average Bonchev–Trinajstić information content (AvgIpc) is 2.96. The zero-order chi connectivity index (χ0) is 27.3. The first-order valence-corrected chi connectivity index (χ1v) is 12.0. The van der Waals surface area contributed by atoms with Crippen LogP contribution in [0.3, 0.4) is 0 Å². The van der Waals surface area contributed by atoms with Crippen molar-refractivity contribution in [3.05, 3.63) is 92.6 Å². The second-order valence-corrected chi connectivity index (χ2v) is 9.01. The summed E-state index contributed by atoms with van der Waals surface area (Å²) in [6.45, 7) is 0. The minimum absolute atomic E-state index is 0.145. The molecule has 0 N–H and O–H groups in total. The Morgan fingerprint density at radius 3 is 2.26 bits per heavy atom. The summed E-state index contributed by atoms with van der Waals surface area (Å²) in [7, 11) is 4.47. The molecule has 39 heavy (non-hydrogen) atoms. The number of hydrogen-bond acceptors (Lipinski definition) is 9. The summed E-state index contributed by atoms with van der Waals surface area (Å²) in [5, 5.41) is 0.466. The van der Waals surface area contributed by atoms with Gasteiger partial charge in [0.25, 0.3) is 0 Å². The van der Waals surface area contributed by atoms with E-state index in [4.69, 9.17) is 27.8 Å². The first-order chi connectivity index (χ1) is 18.9. The third-order valence-electron chi connectivity index (χ3n) is 6.96. The third kappa shape index (κ3) is 3.90. The molecule has 9 nitrogen and oxygen atoms in total. The summed E-state index contributed by atoms with van der Waals surface area (Å²) in [4.78, 5) is 40.1. The largest absolute Gasteiger partial charge is 0.497 e. The lowest BCUT2D eigenvalue weighted by Gasteiger charge is -2.25. The molecule has 1 atom stereocenters. The Balaban J connectivity index is 1.61. The molecule has 0 saturated carbocycles. The fraction of sp³-hybridized carbons (Fsp3) is 0.167. The van der Waals surface area contributed by atoms with Crippen molar-refractivity contribution in [1.29, 1.82) is 0 Å². The molecule has 3 aromatic carbocycles. The Hall–Kier alpha value is -5.05. The molecule has 1 aliphatic rings. The number of ether oxygens (including phenoxy) is 4. The quantitative estimate of drug-likeness (QED) is 0.230. The Morgan fingerprint density at radius 2 is 1.54 bits per heavy atom. The fourth-order valence-corrected chi connectivity index (χ4v) is 5.01. The van der Waals surface area contributed by atoms with Gasteiger partial charge in [0.1, 0.15) is 45.8 Å². The second-order valence-electron chi connectivity index (χ2n) is 9.01. The molecule has 0 bridgehead atoms. The molecule has 5 aromatic rings. The predicted octanol–water partition coefficient (Wildman–Crippen LogP) is 5.03. The highest BCUT2D eigenvalue weighted by Crippen LogP contribution is 2.45. The summed E-state index contributed by atoms with van der Waals surface area (Å²) in [6.07, 6.45) is 2.54. The highest BCUT2D eigenvalue weighted by molar-refractivity contribution is 5.94. The normalized spacial score (nSPS) is 14.6. The van der Waals surface area contributed by atoms with E-state index < -0.39 is 11.9 Å². The molecule has 2 aromatic heterocycles. The van der Waals surface area contributed by atoms with E-state index in [1.807, 2.05) is 0 Å². The van der Waals surface area contributed by atoms with E-state index in [-0.39, 0.29) is 45.3 Å². The van der Waals surface area contributed by atoms with E-state index in [1.54, 1.807) is 49.6 Å². The maximum absolute atomic E-state index is 13.8. The van der Waals surface area contributed by atoms with Crippen LogP contribution in [0.15, 0.2) is 79.5 Å². The number of esters is 1. The van der Waals surface area contributed by atoms with Gasteiger partial charge in [-0.1, -0.05) is 12.1 Å². The van der Waals surface area contributed by atoms with Crippen molar-refractivity contribution in [2.75, 3.05) is 21.3 Å². The Bertz CT molecular complexity index is 1880. The topological polar surface area (TPSA) is 114 Å². The third-order valence-corrected chi connectivity index (χ3v) is 6.96. The van der Waals surface area contributed by atoms with Gasteiger partial charge in [0.2, 0.25) is 5.43 Å². The van der Waals surface area contributed by atoms with E-state index in [0.29, 0.717) is 39.2 Å². The number of fused-ring (bicyclic) bond motifs is 4. The van der Waals surface area contributed by atoms with Gasteiger partial charge >= 0.3 is 5.97 Å². The van der Waals surface area contributed by atoms with E-state index in [2.05, 4.69) is 0 Å². The minimum atomic E-state index is -0.795. The lowest BCUT2D eigenvalue weighted by Crippen LogP contribution is -2.25. The number of methoxy groups -OCH3 is 3. The van der Waals surface area contributed by atoms with Crippen LogP contribution in [0.2, 0.25) is 0 Å². The molecule has 6 rings (SSSR count). The van der Waals surface area contributed by atoms with E-state index in [0.717, 1.165) is 0 Å². The van der Waals surface area contributed by atoms with Crippen LogP contribution in [0.1, 0.15) is 23.5 Å².